The van der Waals surface area contributed by atoms with Crippen molar-refractivity contribution in [3.63, 3.8) is 0 Å². The van der Waals surface area contributed by atoms with Gasteiger partial charge in [0, 0.05) is 11.8 Å². The van der Waals surface area contributed by atoms with Crippen LogP contribution in [0.2, 0.25) is 0 Å². The molecule has 1 fully saturated rings. The van der Waals surface area contributed by atoms with E-state index in [4.69, 9.17) is 4.42 Å². The van der Waals surface area contributed by atoms with Gasteiger partial charge in [0.2, 0.25) is 0 Å². The average molecular weight is 258 g/mol. The van der Waals surface area contributed by atoms with Crippen LogP contribution in [0.25, 0.3) is 11.3 Å². The number of aryl methyl sites for hydroxylation is 2. The summed E-state index contributed by atoms with van der Waals surface area (Å²) in [5, 5.41) is 4.61. The summed E-state index contributed by atoms with van der Waals surface area (Å²) in [6.07, 6.45) is 5.25. The second-order valence-corrected chi connectivity index (χ2v) is 5.44. The third-order valence-corrected chi connectivity index (χ3v) is 3.90. The third-order valence-electron chi connectivity index (χ3n) is 3.90. The predicted octanol–water partition coefficient (Wildman–Crippen LogP) is 3.54. The number of hydrogen-bond acceptors (Lipinski definition) is 3. The van der Waals surface area contributed by atoms with Crippen molar-refractivity contribution in [3.05, 3.63) is 29.3 Å². The van der Waals surface area contributed by atoms with E-state index in [9.17, 15) is 4.79 Å². The maximum atomic E-state index is 11.3. The molecule has 1 aliphatic rings. The molecule has 2 aromatic rings. The molecule has 2 aromatic heterocycles. The van der Waals surface area contributed by atoms with Gasteiger partial charge >= 0.3 is 0 Å². The number of aromatic nitrogens is 2. The summed E-state index contributed by atoms with van der Waals surface area (Å²) in [7, 11) is 0. The molecule has 1 saturated carbocycles. The van der Waals surface area contributed by atoms with Crippen molar-refractivity contribution in [2.45, 2.75) is 39.7 Å². The van der Waals surface area contributed by atoms with Gasteiger partial charge in [-0.15, -0.1) is 0 Å². The van der Waals surface area contributed by atoms with E-state index < -0.39 is 0 Å². The predicted molar refractivity (Wildman–Crippen MR) is 72.2 cm³/mol. The monoisotopic (exact) mass is 258 g/mol. The first-order valence-corrected chi connectivity index (χ1v) is 6.72. The van der Waals surface area contributed by atoms with E-state index in [1.807, 2.05) is 30.8 Å². The fraction of sp³-hybridized carbons (Fsp3) is 0.467. The smallest absolute Gasteiger partial charge is 0.153 e. The van der Waals surface area contributed by atoms with Crippen LogP contribution in [0.4, 0.5) is 0 Å². The standard InChI is InChI=1S/C15H18N2O2/c1-9-6-14(11(3)19-9)15-13(8-18)7-17(16-15)10(2)12-4-5-12/h6-8,10,12H,4-5H2,1-3H3. The number of carbonyl (C=O) groups is 1. The molecule has 100 valence electrons. The van der Waals surface area contributed by atoms with Gasteiger partial charge in [-0.25, -0.2) is 0 Å². The van der Waals surface area contributed by atoms with Gasteiger partial charge in [0.05, 0.1) is 11.6 Å². The van der Waals surface area contributed by atoms with Gasteiger partial charge in [-0.05, 0) is 45.6 Å². The molecule has 1 unspecified atom stereocenters. The first-order valence-electron chi connectivity index (χ1n) is 6.72. The van der Waals surface area contributed by atoms with Crippen LogP contribution in [0.15, 0.2) is 16.7 Å². The largest absolute Gasteiger partial charge is 0.466 e. The summed E-state index contributed by atoms with van der Waals surface area (Å²) < 4.78 is 7.46. The molecule has 19 heavy (non-hydrogen) atoms. The highest BCUT2D eigenvalue weighted by atomic mass is 16.3. The normalized spacial score (nSPS) is 16.6. The first-order chi connectivity index (χ1) is 9.10. The van der Waals surface area contributed by atoms with Gasteiger partial charge in [-0.3, -0.25) is 9.48 Å². The molecule has 2 heterocycles. The van der Waals surface area contributed by atoms with Crippen molar-refractivity contribution in [2.75, 3.05) is 0 Å². The second kappa shape index (κ2) is 4.37. The molecular formula is C15H18N2O2. The maximum Gasteiger partial charge on any atom is 0.153 e. The van der Waals surface area contributed by atoms with Crippen molar-refractivity contribution in [1.82, 2.24) is 9.78 Å². The summed E-state index contributed by atoms with van der Waals surface area (Å²) in [5.74, 6) is 2.36. The van der Waals surface area contributed by atoms with E-state index in [2.05, 4.69) is 12.0 Å². The molecule has 4 nitrogen and oxygen atoms in total. The summed E-state index contributed by atoms with van der Waals surface area (Å²) in [4.78, 5) is 11.3. The number of aldehydes is 1. The fourth-order valence-electron chi connectivity index (χ4n) is 2.57. The van der Waals surface area contributed by atoms with Gasteiger partial charge in [0.1, 0.15) is 17.2 Å². The molecule has 3 rings (SSSR count). The lowest BCUT2D eigenvalue weighted by Crippen LogP contribution is -2.07. The van der Waals surface area contributed by atoms with Crippen LogP contribution in [0.1, 0.15) is 47.7 Å². The highest BCUT2D eigenvalue weighted by Gasteiger charge is 2.30. The molecule has 4 heteroatoms. The van der Waals surface area contributed by atoms with E-state index in [0.717, 1.165) is 29.1 Å². The summed E-state index contributed by atoms with van der Waals surface area (Å²) in [6.45, 7) is 5.97. The van der Waals surface area contributed by atoms with Gasteiger partial charge in [-0.2, -0.15) is 5.10 Å². The van der Waals surface area contributed by atoms with Crippen LogP contribution >= 0.6 is 0 Å². The van der Waals surface area contributed by atoms with Crippen LogP contribution in [0, 0.1) is 19.8 Å². The Labute approximate surface area is 112 Å². The number of rotatable bonds is 4. The van der Waals surface area contributed by atoms with Crippen LogP contribution in [-0.4, -0.2) is 16.1 Å². The van der Waals surface area contributed by atoms with Crippen molar-refractivity contribution in [1.29, 1.82) is 0 Å². The van der Waals surface area contributed by atoms with E-state index in [-0.39, 0.29) is 0 Å². The van der Waals surface area contributed by atoms with Gasteiger partial charge in [0.25, 0.3) is 0 Å². The Bertz CT molecular complexity index is 620. The molecule has 0 saturated heterocycles. The minimum absolute atomic E-state index is 0.362. The van der Waals surface area contributed by atoms with E-state index in [1.54, 1.807) is 0 Å². The zero-order valence-electron chi connectivity index (χ0n) is 11.5. The molecule has 0 N–H and O–H groups in total. The number of furan rings is 1. The fourth-order valence-corrected chi connectivity index (χ4v) is 2.57. The molecule has 0 aliphatic heterocycles. The number of nitrogens with zero attached hydrogens (tertiary/aromatic N) is 2. The highest BCUT2D eigenvalue weighted by molar-refractivity contribution is 5.86. The van der Waals surface area contributed by atoms with Crippen LogP contribution < -0.4 is 0 Å². The third kappa shape index (κ3) is 2.11. The summed E-state index contributed by atoms with van der Waals surface area (Å²) in [5.41, 5.74) is 2.29. The second-order valence-electron chi connectivity index (χ2n) is 5.44. The minimum atomic E-state index is 0.362. The molecule has 0 bridgehead atoms. The molecule has 0 spiro atoms. The SMILES string of the molecule is Cc1cc(-c2nn(C(C)C3CC3)cc2C=O)c(C)o1. The zero-order chi connectivity index (χ0) is 13.6. The van der Waals surface area contributed by atoms with Gasteiger partial charge in [0.15, 0.2) is 6.29 Å². The lowest BCUT2D eigenvalue weighted by molar-refractivity contribution is 0.112. The number of hydrogen-bond donors (Lipinski definition) is 0. The van der Waals surface area contributed by atoms with Crippen LogP contribution in [0.3, 0.4) is 0 Å². The molecule has 1 aliphatic carbocycles. The Morgan fingerprint density at radius 1 is 1.47 bits per heavy atom. The maximum absolute atomic E-state index is 11.3. The zero-order valence-corrected chi connectivity index (χ0v) is 11.5. The van der Waals surface area contributed by atoms with Crippen molar-refractivity contribution < 1.29 is 9.21 Å². The molecule has 0 amide bonds. The van der Waals surface area contributed by atoms with Crippen molar-refractivity contribution in [3.8, 4) is 11.3 Å². The van der Waals surface area contributed by atoms with E-state index >= 15 is 0 Å². The van der Waals surface area contributed by atoms with Gasteiger partial charge in [-0.1, -0.05) is 0 Å². The van der Waals surface area contributed by atoms with E-state index in [0.29, 0.717) is 17.5 Å². The summed E-state index contributed by atoms with van der Waals surface area (Å²) in [6, 6.07) is 2.30. The lowest BCUT2D eigenvalue weighted by atomic mass is 10.1. The topological polar surface area (TPSA) is 48.0 Å². The van der Waals surface area contributed by atoms with Crippen molar-refractivity contribution >= 4 is 6.29 Å². The van der Waals surface area contributed by atoms with Gasteiger partial charge < -0.3 is 4.42 Å². The Hall–Kier alpha value is -1.84. The molecule has 0 radical (unpaired) electrons. The van der Waals surface area contributed by atoms with Crippen LogP contribution in [0.5, 0.6) is 0 Å². The Morgan fingerprint density at radius 3 is 2.74 bits per heavy atom. The number of carbonyl (C=O) groups excluding carboxylic acids is 1. The Balaban J connectivity index is 2.04. The highest BCUT2D eigenvalue weighted by Crippen LogP contribution is 2.40. The molecule has 0 aromatic carbocycles. The quantitative estimate of drug-likeness (QED) is 0.788. The summed E-state index contributed by atoms with van der Waals surface area (Å²) >= 11 is 0. The lowest BCUT2D eigenvalue weighted by Gasteiger charge is -2.09. The average Bonchev–Trinajstić information content (AvgIpc) is 3.05. The van der Waals surface area contributed by atoms with Crippen molar-refractivity contribution in [2.24, 2.45) is 5.92 Å². The molecule has 1 atom stereocenters. The Kier molecular flexibility index (Phi) is 2.81. The van der Waals surface area contributed by atoms with E-state index in [1.165, 1.54) is 12.8 Å². The van der Waals surface area contributed by atoms with Crippen LogP contribution in [-0.2, 0) is 0 Å². The minimum Gasteiger partial charge on any atom is -0.466 e. The molecular weight excluding hydrogens is 240 g/mol. The first kappa shape index (κ1) is 12.2. The Morgan fingerprint density at radius 2 is 2.21 bits per heavy atom.